The van der Waals surface area contributed by atoms with Crippen LogP contribution < -0.4 is 20.7 Å². The number of anilines is 1. The molecule has 5 heteroatoms. The molecule has 1 aliphatic heterocycles. The lowest BCUT2D eigenvalue weighted by molar-refractivity contribution is -0.120. The number of fused-ring (bicyclic) bond motifs is 1. The van der Waals surface area contributed by atoms with Crippen LogP contribution in [0.4, 0.5) is 10.5 Å². The third kappa shape index (κ3) is 2.59. The number of urea groups is 1. The largest absolute Gasteiger partial charge is 0.328 e. The Morgan fingerprint density at radius 1 is 1.29 bits per heavy atom. The van der Waals surface area contributed by atoms with Gasteiger partial charge in [0.25, 0.3) is 0 Å². The quantitative estimate of drug-likeness (QED) is 0.824. The summed E-state index contributed by atoms with van der Waals surface area (Å²) in [7, 11) is 0. The number of carbonyl (C=O) groups is 2. The minimum Gasteiger partial charge on any atom is -0.291 e. The van der Waals surface area contributed by atoms with E-state index in [0.717, 1.165) is 16.1 Å². The molecule has 2 aliphatic rings. The number of nitrogens with zero attached hydrogens (tertiary/aromatic N) is 2. The van der Waals surface area contributed by atoms with Gasteiger partial charge in [0.1, 0.15) is 0 Å². The third-order valence-corrected chi connectivity index (χ3v) is 3.66. The summed E-state index contributed by atoms with van der Waals surface area (Å²) in [6, 6.07) is -0.387. The first-order valence-corrected chi connectivity index (χ1v) is 6.94. The summed E-state index contributed by atoms with van der Waals surface area (Å²) in [4.78, 5) is 29.1. The van der Waals surface area contributed by atoms with Crippen LogP contribution in [0.15, 0.2) is 24.5 Å². The molecule has 0 spiro atoms. The van der Waals surface area contributed by atoms with Gasteiger partial charge in [0, 0.05) is 29.8 Å². The fraction of sp³-hybridized carbons (Fsp3) is 0.312. The number of imide groups is 1. The average Bonchev–Trinajstić information content (AvgIpc) is 2.55. The van der Waals surface area contributed by atoms with Crippen molar-refractivity contribution in [2.75, 3.05) is 11.4 Å². The summed E-state index contributed by atoms with van der Waals surface area (Å²) < 4.78 is 0. The summed E-state index contributed by atoms with van der Waals surface area (Å²) in [5, 5.41) is 4.29. The highest BCUT2D eigenvalue weighted by atomic mass is 16.2. The van der Waals surface area contributed by atoms with Gasteiger partial charge in [0.05, 0.1) is 11.9 Å². The summed E-state index contributed by atoms with van der Waals surface area (Å²) in [6.45, 7) is 4.61. The molecule has 1 fully saturated rings. The molecule has 0 saturated carbocycles. The van der Waals surface area contributed by atoms with E-state index in [1.807, 2.05) is 12.2 Å². The first kappa shape index (κ1) is 13.5. The molecule has 0 aromatic carbocycles. The number of allylic oxidation sites excluding steroid dienone is 2. The zero-order valence-electron chi connectivity index (χ0n) is 12.1. The van der Waals surface area contributed by atoms with E-state index in [2.05, 4.69) is 36.3 Å². The van der Waals surface area contributed by atoms with E-state index in [-0.39, 0.29) is 17.4 Å². The minimum atomic E-state index is -0.387. The van der Waals surface area contributed by atoms with Crippen LogP contribution >= 0.6 is 0 Å². The summed E-state index contributed by atoms with van der Waals surface area (Å²) in [6.07, 6.45) is 12.0. The summed E-state index contributed by atoms with van der Waals surface area (Å²) >= 11 is 0. The van der Waals surface area contributed by atoms with Crippen molar-refractivity contribution in [2.45, 2.75) is 20.3 Å². The number of amides is 3. The normalized spacial score (nSPS) is 20.0. The van der Waals surface area contributed by atoms with Gasteiger partial charge in [-0.25, -0.2) is 4.79 Å². The van der Waals surface area contributed by atoms with E-state index in [0.29, 0.717) is 13.0 Å². The Morgan fingerprint density at radius 2 is 2.10 bits per heavy atom. The molecule has 0 unspecified atom stereocenters. The number of pyridine rings is 1. The molecular formula is C16H17N3O2. The summed E-state index contributed by atoms with van der Waals surface area (Å²) in [5.41, 5.74) is 0.665. The van der Waals surface area contributed by atoms with E-state index >= 15 is 0 Å². The van der Waals surface area contributed by atoms with Crippen molar-refractivity contribution in [3.05, 3.63) is 35.0 Å². The van der Waals surface area contributed by atoms with Crippen LogP contribution in [0, 0.1) is 5.41 Å². The van der Waals surface area contributed by atoms with Crippen LogP contribution in [0.2, 0.25) is 0 Å². The molecule has 21 heavy (non-hydrogen) atoms. The zero-order valence-corrected chi connectivity index (χ0v) is 12.1. The molecule has 0 bridgehead atoms. The fourth-order valence-corrected chi connectivity index (χ4v) is 2.62. The number of nitrogens with one attached hydrogen (secondary N) is 1. The molecule has 1 saturated heterocycles. The molecule has 3 amide bonds. The second kappa shape index (κ2) is 4.84. The van der Waals surface area contributed by atoms with Gasteiger partial charge in [0.15, 0.2) is 0 Å². The van der Waals surface area contributed by atoms with Crippen LogP contribution in [-0.2, 0) is 4.79 Å². The number of carbonyl (C=O) groups excluding carboxylic acids is 2. The Morgan fingerprint density at radius 3 is 2.86 bits per heavy atom. The van der Waals surface area contributed by atoms with Crippen LogP contribution in [0.1, 0.15) is 20.3 Å². The van der Waals surface area contributed by atoms with E-state index in [1.54, 1.807) is 17.3 Å². The van der Waals surface area contributed by atoms with Crippen LogP contribution in [-0.4, -0.2) is 23.5 Å². The zero-order chi connectivity index (χ0) is 15.0. The lowest BCUT2D eigenvalue weighted by Crippen LogP contribution is -2.52. The molecule has 1 aromatic heterocycles. The maximum atomic E-state index is 12.0. The van der Waals surface area contributed by atoms with Crippen molar-refractivity contribution in [3.8, 4) is 0 Å². The Labute approximate surface area is 122 Å². The van der Waals surface area contributed by atoms with E-state index in [4.69, 9.17) is 0 Å². The van der Waals surface area contributed by atoms with E-state index < -0.39 is 0 Å². The highest BCUT2D eigenvalue weighted by molar-refractivity contribution is 6.05. The third-order valence-electron chi connectivity index (χ3n) is 3.66. The molecular weight excluding hydrogens is 266 g/mol. The van der Waals surface area contributed by atoms with Crippen LogP contribution in [0.25, 0.3) is 12.2 Å². The van der Waals surface area contributed by atoms with Crippen molar-refractivity contribution in [2.24, 2.45) is 5.41 Å². The van der Waals surface area contributed by atoms with Crippen molar-refractivity contribution in [1.29, 1.82) is 0 Å². The predicted molar refractivity (Wildman–Crippen MR) is 80.8 cm³/mol. The van der Waals surface area contributed by atoms with Gasteiger partial charge in [0.2, 0.25) is 5.91 Å². The molecule has 0 atom stereocenters. The van der Waals surface area contributed by atoms with Crippen molar-refractivity contribution < 1.29 is 9.59 Å². The maximum Gasteiger partial charge on any atom is 0.328 e. The van der Waals surface area contributed by atoms with Crippen molar-refractivity contribution in [1.82, 2.24) is 10.3 Å². The highest BCUT2D eigenvalue weighted by Gasteiger charge is 2.25. The van der Waals surface area contributed by atoms with Crippen molar-refractivity contribution in [3.63, 3.8) is 0 Å². The second-order valence-electron chi connectivity index (χ2n) is 5.91. The first-order valence-electron chi connectivity index (χ1n) is 6.94. The molecule has 3 rings (SSSR count). The molecule has 1 aliphatic carbocycles. The summed E-state index contributed by atoms with van der Waals surface area (Å²) in [5.74, 6) is -0.234. The van der Waals surface area contributed by atoms with Gasteiger partial charge in [-0.15, -0.1) is 0 Å². The lowest BCUT2D eigenvalue weighted by Gasteiger charge is -2.26. The van der Waals surface area contributed by atoms with Crippen LogP contribution in [0.5, 0.6) is 0 Å². The monoisotopic (exact) mass is 283 g/mol. The number of hydrogen-bond donors (Lipinski definition) is 1. The number of rotatable bonds is 1. The second-order valence-corrected chi connectivity index (χ2v) is 5.91. The van der Waals surface area contributed by atoms with Gasteiger partial charge >= 0.3 is 6.03 Å². The number of hydrogen-bond acceptors (Lipinski definition) is 3. The fourth-order valence-electron chi connectivity index (χ4n) is 2.62. The Hall–Kier alpha value is -2.43. The van der Waals surface area contributed by atoms with Gasteiger partial charge in [-0.1, -0.05) is 38.2 Å². The number of aromatic nitrogens is 1. The highest BCUT2D eigenvalue weighted by Crippen LogP contribution is 2.20. The lowest BCUT2D eigenvalue weighted by atomic mass is 9.92. The topological polar surface area (TPSA) is 62.3 Å². The molecule has 5 nitrogen and oxygen atoms in total. The average molecular weight is 283 g/mol. The molecule has 108 valence electrons. The maximum absolute atomic E-state index is 12.0. The van der Waals surface area contributed by atoms with Gasteiger partial charge in [-0.2, -0.15) is 0 Å². The molecule has 0 radical (unpaired) electrons. The Bertz CT molecular complexity index is 762. The molecule has 1 N–H and O–H groups in total. The standard InChI is InChI=1S/C16H17N3O2/c1-16(2)6-3-4-12-11(8-16)9-17-10-13(12)19-7-5-14(20)18-15(19)21/h3-4,6,8-10H,5,7H2,1-2H3,(H,18,20,21). The minimum absolute atomic E-state index is 0.0673. The van der Waals surface area contributed by atoms with E-state index in [9.17, 15) is 9.59 Å². The Balaban J connectivity index is 2.15. The molecule has 2 heterocycles. The van der Waals surface area contributed by atoms with E-state index in [1.165, 1.54) is 0 Å². The van der Waals surface area contributed by atoms with Crippen LogP contribution in [0.3, 0.4) is 0 Å². The first-order chi connectivity index (χ1) is 9.96. The Kier molecular flexibility index (Phi) is 3.12. The molecule has 1 aromatic rings. The van der Waals surface area contributed by atoms with Gasteiger partial charge < -0.3 is 0 Å². The van der Waals surface area contributed by atoms with Crippen molar-refractivity contribution >= 4 is 29.8 Å². The van der Waals surface area contributed by atoms with Gasteiger partial charge in [-0.3, -0.25) is 20.0 Å². The predicted octanol–water partition coefficient (Wildman–Crippen LogP) is 0.685. The SMILES string of the molecule is CC1(C)C=CC=c2c(N3CCC(=O)NC3=O)cncc2=C1. The smallest absolute Gasteiger partial charge is 0.291 e. The van der Waals surface area contributed by atoms with Gasteiger partial charge in [-0.05, 0) is 5.22 Å².